The maximum absolute atomic E-state index is 5.47. The van der Waals surface area contributed by atoms with Crippen LogP contribution < -0.4 is 12.4 Å². The zero-order valence-electron chi connectivity index (χ0n) is 3.96. The van der Waals surface area contributed by atoms with Gasteiger partial charge in [-0.05, 0) is 6.20 Å². The van der Waals surface area contributed by atoms with E-state index in [2.05, 4.69) is 4.98 Å². The van der Waals surface area contributed by atoms with Crippen molar-refractivity contribution in [2.24, 2.45) is 0 Å². The third-order valence-electron chi connectivity index (χ3n) is 0.638. The van der Waals surface area contributed by atoms with Crippen LogP contribution in [0.4, 0.5) is 0 Å². The average Bonchev–Trinajstić information content (AvgIpc) is 2.14. The van der Waals surface area contributed by atoms with Gasteiger partial charge in [-0.25, -0.2) is 15.0 Å². The predicted molar refractivity (Wildman–Crippen MR) is 29.2 cm³/mol. The molecule has 43 valence electrons. The molecule has 1 aromatic rings. The Balaban J connectivity index is 0.000000490. The molecule has 0 amide bonds. The summed E-state index contributed by atoms with van der Waals surface area (Å²) < 4.78 is 1.86. The Morgan fingerprint density at radius 1 is 1.62 bits per heavy atom. The number of aromatic nitrogens is 2. The van der Waals surface area contributed by atoms with Crippen LogP contribution >= 0.6 is 10.0 Å². The Morgan fingerprint density at radius 3 is 2.62 bits per heavy atom. The Hall–Kier alpha value is 0.322. The first-order valence-corrected chi connectivity index (χ1v) is 4.10. The highest BCUT2D eigenvalue weighted by Crippen LogP contribution is 1.80. The van der Waals surface area contributed by atoms with Crippen LogP contribution in [0.25, 0.3) is 0 Å². The number of halogens is 2. The lowest BCUT2D eigenvalue weighted by atomic mass is 11.0. The summed E-state index contributed by atoms with van der Waals surface area (Å²) in [5.41, 5.74) is 0. The van der Waals surface area contributed by atoms with Gasteiger partial charge in [0.2, 0.25) is 0 Å². The Kier molecular flexibility index (Phi) is 4.40. The topological polar surface area (TPSA) is 17.8 Å². The first-order chi connectivity index (χ1) is 3.43. The largest absolute Gasteiger partial charge is 1.00 e. The van der Waals surface area contributed by atoms with E-state index in [1.54, 1.807) is 12.5 Å². The molecular weight excluding hydrogens is 162 g/mol. The number of nitrogens with zero attached hydrogens (tertiary/aromatic N) is 2. The fraction of sp³-hybridized carbons (Fsp3) is 0. The summed E-state index contributed by atoms with van der Waals surface area (Å²) in [4.78, 5) is 3.79. The molecule has 0 aliphatic rings. The van der Waals surface area contributed by atoms with E-state index >= 15 is 0 Å². The van der Waals surface area contributed by atoms with E-state index in [4.69, 9.17) is 10.0 Å². The van der Waals surface area contributed by atoms with Crippen molar-refractivity contribution < 1.29 is 12.4 Å². The number of rotatable bonds is 1. The second-order valence-electron chi connectivity index (χ2n) is 1.11. The number of imidazole rings is 1. The van der Waals surface area contributed by atoms with Gasteiger partial charge in [-0.15, -0.1) is 0 Å². The lowest BCUT2D eigenvalue weighted by Crippen LogP contribution is -3.00. The Bertz CT molecular complexity index is 130. The van der Waals surface area contributed by atoms with Crippen molar-refractivity contribution in [2.75, 3.05) is 0 Å². The van der Waals surface area contributed by atoms with Crippen molar-refractivity contribution in [3.05, 3.63) is 18.7 Å². The first kappa shape index (κ1) is 8.32. The molecule has 1 heterocycles. The van der Waals surface area contributed by atoms with Crippen LogP contribution in [0.1, 0.15) is 0 Å². The van der Waals surface area contributed by atoms with Crippen LogP contribution in [0.2, 0.25) is 0 Å². The van der Waals surface area contributed by atoms with E-state index in [9.17, 15) is 0 Å². The monoisotopic (exact) mass is 164 g/mol. The molecule has 0 saturated heterocycles. The van der Waals surface area contributed by atoms with Gasteiger partial charge < -0.3 is 16.0 Å². The van der Waals surface area contributed by atoms with Gasteiger partial charge in [0, 0.05) is 6.20 Å². The molecule has 0 fully saturated rings. The molecule has 8 heavy (non-hydrogen) atoms. The molecule has 0 N–H and O–H groups in total. The summed E-state index contributed by atoms with van der Waals surface area (Å²) in [7, 11) is 5.47. The second kappa shape index (κ2) is 4.23. The molecule has 0 unspecified atom stereocenters. The lowest BCUT2D eigenvalue weighted by Gasteiger charge is -1.83. The van der Waals surface area contributed by atoms with E-state index < -0.39 is 0 Å². The molecule has 1 aromatic heterocycles. The average molecular weight is 165 g/mol. The number of hydrogen-bond donors (Lipinski definition) is 0. The van der Waals surface area contributed by atoms with E-state index in [0.717, 1.165) is 0 Å². The standard InChI is InChI=1S/C3H3N2.Al.2ClH/c1-2-5-3-4-1;;;/h1-3H;;2*1H/q-1;+2;;/p-2. The summed E-state index contributed by atoms with van der Waals surface area (Å²) in [5.74, 6) is 0. The fourth-order valence-corrected chi connectivity index (χ4v) is 0.943. The normalized spacial score (nSPS) is 7.62. The van der Waals surface area contributed by atoms with Crippen LogP contribution in [0, 0.1) is 0 Å². The molecule has 1 radical (unpaired) electrons. The van der Waals surface area contributed by atoms with Gasteiger partial charge in [0.1, 0.15) is 0 Å². The van der Waals surface area contributed by atoms with Crippen LogP contribution in [-0.2, 0) is 0 Å². The maximum atomic E-state index is 5.47. The highest BCUT2D eigenvalue weighted by atomic mass is 35.6. The maximum Gasteiger partial charge on any atom is 0.524 e. The van der Waals surface area contributed by atoms with Gasteiger partial charge in [-0.3, -0.25) is 0 Å². The van der Waals surface area contributed by atoms with Crippen molar-refractivity contribution in [3.8, 4) is 0 Å². The Morgan fingerprint density at radius 2 is 2.38 bits per heavy atom. The van der Waals surface area contributed by atoms with Gasteiger partial charge in [-0.2, -0.15) is 0 Å². The van der Waals surface area contributed by atoms with Crippen molar-refractivity contribution in [3.63, 3.8) is 0 Å². The summed E-state index contributed by atoms with van der Waals surface area (Å²) in [6.07, 6.45) is 5.28. The second-order valence-corrected chi connectivity index (χ2v) is 2.48. The predicted octanol–water partition coefficient (Wildman–Crippen LogP) is -2.49. The van der Waals surface area contributed by atoms with Crippen LogP contribution in [-0.4, -0.2) is 23.1 Å². The molecule has 1 rings (SSSR count). The molecular formula is C3H3AlCl2N2-. The van der Waals surface area contributed by atoms with Gasteiger partial charge in [0.25, 0.3) is 0 Å². The molecule has 0 bridgehead atoms. The SMILES string of the molecule is [Cl-].[Cl][Al][n]1ccnc1. The summed E-state index contributed by atoms with van der Waals surface area (Å²) >= 11 is -0.130. The molecule has 0 aliphatic carbocycles. The van der Waals surface area contributed by atoms with E-state index in [1.807, 2.05) is 9.75 Å². The van der Waals surface area contributed by atoms with Crippen LogP contribution in [0.15, 0.2) is 18.7 Å². The molecule has 0 spiro atoms. The summed E-state index contributed by atoms with van der Waals surface area (Å²) in [6, 6.07) is 0. The van der Waals surface area contributed by atoms with Gasteiger partial charge in [0.15, 0.2) is 0 Å². The van der Waals surface area contributed by atoms with Crippen LogP contribution in [0.5, 0.6) is 0 Å². The highest BCUT2D eigenvalue weighted by Gasteiger charge is 1.85. The molecule has 0 aliphatic heterocycles. The van der Waals surface area contributed by atoms with Crippen molar-refractivity contribution in [1.29, 1.82) is 0 Å². The van der Waals surface area contributed by atoms with Crippen molar-refractivity contribution in [1.82, 2.24) is 8.53 Å². The van der Waals surface area contributed by atoms with E-state index in [0.29, 0.717) is 0 Å². The van der Waals surface area contributed by atoms with Crippen molar-refractivity contribution >= 4 is 24.6 Å². The van der Waals surface area contributed by atoms with Gasteiger partial charge in [0.05, 0.1) is 6.33 Å². The highest BCUT2D eigenvalue weighted by molar-refractivity contribution is 6.92. The van der Waals surface area contributed by atoms with Gasteiger partial charge >= 0.3 is 14.5 Å². The zero-order chi connectivity index (χ0) is 5.11. The quantitative estimate of drug-likeness (QED) is 0.421. The minimum atomic E-state index is -0.130. The van der Waals surface area contributed by atoms with Crippen molar-refractivity contribution in [2.45, 2.75) is 0 Å². The summed E-state index contributed by atoms with van der Waals surface area (Å²) in [5, 5.41) is 0. The Labute approximate surface area is 64.4 Å². The molecule has 0 saturated carbocycles. The summed E-state index contributed by atoms with van der Waals surface area (Å²) in [6.45, 7) is 0. The third-order valence-corrected chi connectivity index (χ3v) is 1.84. The molecule has 0 atom stereocenters. The van der Waals surface area contributed by atoms with Gasteiger partial charge in [-0.1, -0.05) is 0 Å². The van der Waals surface area contributed by atoms with E-state index in [-0.39, 0.29) is 26.9 Å². The molecule has 5 heteroatoms. The van der Waals surface area contributed by atoms with Crippen LogP contribution in [0.3, 0.4) is 0 Å². The third kappa shape index (κ3) is 2.06. The minimum Gasteiger partial charge on any atom is -1.00 e. The smallest absolute Gasteiger partial charge is 0.524 e. The first-order valence-electron chi connectivity index (χ1n) is 1.84. The molecule has 0 aromatic carbocycles. The lowest BCUT2D eigenvalue weighted by molar-refractivity contribution is -0.00000138. The zero-order valence-corrected chi connectivity index (χ0v) is 6.63. The van der Waals surface area contributed by atoms with E-state index in [1.165, 1.54) is 0 Å². The number of hydrogen-bond acceptors (Lipinski definition) is 1. The minimum absolute atomic E-state index is 0. The molecule has 2 nitrogen and oxygen atoms in total. The fourth-order valence-electron chi connectivity index (χ4n) is 0.327.